The molecule has 4 rings (SSSR count). The summed E-state index contributed by atoms with van der Waals surface area (Å²) in [5, 5.41) is 16.2. The minimum atomic E-state index is -4.67. The van der Waals surface area contributed by atoms with Crippen molar-refractivity contribution in [1.29, 1.82) is 0 Å². The molecule has 0 aliphatic heterocycles. The molecule has 2 aromatic carbocycles. The number of rotatable bonds is 3. The first-order chi connectivity index (χ1) is 12.8. The molecular formula is C17H9F3N4O2S. The number of carboxylic acid groups (broad SMARTS) is 1. The van der Waals surface area contributed by atoms with Gasteiger partial charge in [0.05, 0.1) is 16.6 Å². The predicted molar refractivity (Wildman–Crippen MR) is 90.8 cm³/mol. The third-order valence-corrected chi connectivity index (χ3v) is 4.74. The molecule has 6 nitrogen and oxygen atoms in total. The Bertz CT molecular complexity index is 1170. The van der Waals surface area contributed by atoms with E-state index in [0.29, 0.717) is 10.4 Å². The molecule has 0 bridgehead atoms. The summed E-state index contributed by atoms with van der Waals surface area (Å²) in [4.78, 5) is 16.0. The second-order valence-corrected chi connectivity index (χ2v) is 6.58. The van der Waals surface area contributed by atoms with Gasteiger partial charge in [-0.05, 0) is 36.4 Å². The number of hydrogen-bond donors (Lipinski definition) is 1. The second kappa shape index (κ2) is 6.23. The number of benzene rings is 2. The third-order valence-electron chi connectivity index (χ3n) is 3.77. The van der Waals surface area contributed by atoms with Crippen molar-refractivity contribution in [3.05, 3.63) is 59.9 Å². The van der Waals surface area contributed by atoms with Crippen LogP contribution in [0.2, 0.25) is 0 Å². The fraction of sp³-hybridized carbons (Fsp3) is 0.0588. The second-order valence-electron chi connectivity index (χ2n) is 5.52. The summed E-state index contributed by atoms with van der Waals surface area (Å²) in [5.41, 5.74) is 0.696. The molecule has 0 saturated heterocycles. The van der Waals surface area contributed by atoms with Gasteiger partial charge in [-0.3, -0.25) is 4.40 Å². The van der Waals surface area contributed by atoms with E-state index in [2.05, 4.69) is 15.2 Å². The standard InChI is InChI=1S/C17H9F3N4O2S/c18-17(19,20)16-23-22-13-14(21-11-3-1-2-4-12(11)24(13)16)27-10-7-5-9(6-8-10)15(25)26/h1-8H,(H,25,26). The number of alkyl halides is 3. The Labute approximate surface area is 153 Å². The molecule has 0 spiro atoms. The monoisotopic (exact) mass is 390 g/mol. The maximum Gasteiger partial charge on any atom is 0.452 e. The van der Waals surface area contributed by atoms with Crippen LogP contribution in [0.15, 0.2) is 58.5 Å². The SMILES string of the molecule is O=C(O)c1ccc(Sc2nc3ccccc3n3c(C(F)(F)F)nnc23)cc1. The molecule has 0 amide bonds. The van der Waals surface area contributed by atoms with E-state index in [1.54, 1.807) is 30.3 Å². The van der Waals surface area contributed by atoms with Gasteiger partial charge in [0.25, 0.3) is 0 Å². The van der Waals surface area contributed by atoms with E-state index in [9.17, 15) is 18.0 Å². The van der Waals surface area contributed by atoms with Crippen LogP contribution in [-0.2, 0) is 6.18 Å². The molecule has 27 heavy (non-hydrogen) atoms. The van der Waals surface area contributed by atoms with Gasteiger partial charge in [0.1, 0.15) is 5.03 Å². The number of nitrogens with zero attached hydrogens (tertiary/aromatic N) is 4. The Morgan fingerprint density at radius 1 is 1.04 bits per heavy atom. The third kappa shape index (κ3) is 3.08. The van der Waals surface area contributed by atoms with Crippen molar-refractivity contribution in [2.45, 2.75) is 16.1 Å². The van der Waals surface area contributed by atoms with Gasteiger partial charge in [0, 0.05) is 4.90 Å². The smallest absolute Gasteiger partial charge is 0.452 e. The lowest BCUT2D eigenvalue weighted by Crippen LogP contribution is -2.11. The zero-order valence-electron chi connectivity index (χ0n) is 13.3. The van der Waals surface area contributed by atoms with Crippen molar-refractivity contribution in [3.8, 4) is 0 Å². The first-order valence-corrected chi connectivity index (χ1v) is 8.38. The van der Waals surface area contributed by atoms with Gasteiger partial charge in [-0.1, -0.05) is 23.9 Å². The van der Waals surface area contributed by atoms with Gasteiger partial charge in [-0.25, -0.2) is 9.78 Å². The van der Waals surface area contributed by atoms with Crippen molar-refractivity contribution >= 4 is 34.4 Å². The minimum Gasteiger partial charge on any atom is -0.478 e. The normalized spacial score (nSPS) is 12.0. The van der Waals surface area contributed by atoms with Crippen molar-refractivity contribution in [2.24, 2.45) is 0 Å². The maximum atomic E-state index is 13.4. The zero-order chi connectivity index (χ0) is 19.2. The van der Waals surface area contributed by atoms with Gasteiger partial charge in [0.2, 0.25) is 5.82 Å². The van der Waals surface area contributed by atoms with Crippen LogP contribution in [0.25, 0.3) is 16.7 Å². The van der Waals surface area contributed by atoms with E-state index in [-0.39, 0.29) is 21.8 Å². The van der Waals surface area contributed by atoms with E-state index in [0.717, 1.165) is 16.2 Å². The minimum absolute atomic E-state index is 0.0201. The Balaban J connectivity index is 1.89. The highest BCUT2D eigenvalue weighted by Gasteiger charge is 2.38. The fourth-order valence-electron chi connectivity index (χ4n) is 2.59. The van der Waals surface area contributed by atoms with Crippen LogP contribution >= 0.6 is 11.8 Å². The van der Waals surface area contributed by atoms with E-state index < -0.39 is 18.0 Å². The van der Waals surface area contributed by atoms with Gasteiger partial charge in [-0.15, -0.1) is 10.2 Å². The molecule has 4 aromatic rings. The molecule has 0 unspecified atom stereocenters. The highest BCUT2D eigenvalue weighted by Crippen LogP contribution is 2.35. The molecule has 0 aliphatic carbocycles. The fourth-order valence-corrected chi connectivity index (χ4v) is 3.45. The number of halogens is 3. The lowest BCUT2D eigenvalue weighted by Gasteiger charge is -2.09. The summed E-state index contributed by atoms with van der Waals surface area (Å²) in [7, 11) is 0. The average Bonchev–Trinajstić information content (AvgIpc) is 3.08. The lowest BCUT2D eigenvalue weighted by molar-refractivity contribution is -0.145. The molecular weight excluding hydrogens is 381 g/mol. The predicted octanol–water partition coefficient (Wildman–Crippen LogP) is 4.15. The number of carbonyl (C=O) groups is 1. The van der Waals surface area contributed by atoms with Crippen molar-refractivity contribution in [3.63, 3.8) is 0 Å². The Morgan fingerprint density at radius 3 is 2.41 bits per heavy atom. The molecule has 0 fully saturated rings. The van der Waals surface area contributed by atoms with E-state index in [4.69, 9.17) is 5.11 Å². The van der Waals surface area contributed by atoms with Crippen LogP contribution in [0.5, 0.6) is 0 Å². The van der Waals surface area contributed by atoms with Crippen molar-refractivity contribution < 1.29 is 23.1 Å². The Hall–Kier alpha value is -3.14. The average molecular weight is 390 g/mol. The van der Waals surface area contributed by atoms with Crippen LogP contribution in [0.1, 0.15) is 16.2 Å². The summed E-state index contributed by atoms with van der Waals surface area (Å²) in [6.07, 6.45) is -4.67. The number of fused-ring (bicyclic) bond motifs is 3. The number of para-hydroxylation sites is 2. The van der Waals surface area contributed by atoms with Crippen molar-refractivity contribution in [1.82, 2.24) is 19.6 Å². The number of aromatic nitrogens is 4. The molecule has 2 aromatic heterocycles. The van der Waals surface area contributed by atoms with Gasteiger partial charge >= 0.3 is 12.1 Å². The molecule has 136 valence electrons. The largest absolute Gasteiger partial charge is 0.478 e. The number of carboxylic acids is 1. The Morgan fingerprint density at radius 2 is 1.74 bits per heavy atom. The number of hydrogen-bond acceptors (Lipinski definition) is 5. The van der Waals surface area contributed by atoms with Gasteiger partial charge < -0.3 is 5.11 Å². The summed E-state index contributed by atoms with van der Waals surface area (Å²) >= 11 is 1.08. The highest BCUT2D eigenvalue weighted by molar-refractivity contribution is 7.99. The van der Waals surface area contributed by atoms with Crippen LogP contribution in [-0.4, -0.2) is 30.7 Å². The summed E-state index contributed by atoms with van der Waals surface area (Å²) in [6.45, 7) is 0. The van der Waals surface area contributed by atoms with Gasteiger partial charge in [0.15, 0.2) is 5.65 Å². The Kier molecular flexibility index (Phi) is 3.99. The molecule has 0 atom stereocenters. The van der Waals surface area contributed by atoms with E-state index in [1.807, 2.05) is 0 Å². The summed E-state index contributed by atoms with van der Waals surface area (Å²) in [6, 6.07) is 12.3. The molecule has 2 heterocycles. The molecule has 0 saturated carbocycles. The maximum absolute atomic E-state index is 13.4. The first kappa shape index (κ1) is 17.3. The van der Waals surface area contributed by atoms with Crippen LogP contribution in [0, 0.1) is 0 Å². The molecule has 0 radical (unpaired) electrons. The van der Waals surface area contributed by atoms with Gasteiger partial charge in [-0.2, -0.15) is 13.2 Å². The van der Waals surface area contributed by atoms with Crippen LogP contribution in [0.3, 0.4) is 0 Å². The zero-order valence-corrected chi connectivity index (χ0v) is 14.1. The summed E-state index contributed by atoms with van der Waals surface area (Å²) in [5.74, 6) is -2.19. The molecule has 0 aliphatic rings. The van der Waals surface area contributed by atoms with E-state index >= 15 is 0 Å². The topological polar surface area (TPSA) is 80.4 Å². The quantitative estimate of drug-likeness (QED) is 0.566. The first-order valence-electron chi connectivity index (χ1n) is 7.57. The van der Waals surface area contributed by atoms with Crippen LogP contribution in [0.4, 0.5) is 13.2 Å². The van der Waals surface area contributed by atoms with Crippen LogP contribution < -0.4 is 0 Å². The highest BCUT2D eigenvalue weighted by atomic mass is 32.2. The molecule has 1 N–H and O–H groups in total. The number of aromatic carboxylic acids is 1. The van der Waals surface area contributed by atoms with E-state index in [1.165, 1.54) is 18.2 Å². The van der Waals surface area contributed by atoms with Crippen molar-refractivity contribution in [2.75, 3.05) is 0 Å². The lowest BCUT2D eigenvalue weighted by atomic mass is 10.2. The molecule has 10 heteroatoms. The summed E-state index contributed by atoms with van der Waals surface area (Å²) < 4.78 is 41.0.